The van der Waals surface area contributed by atoms with Crippen molar-refractivity contribution in [3.8, 4) is 22.8 Å². The first kappa shape index (κ1) is 20.3. The predicted molar refractivity (Wildman–Crippen MR) is 125 cm³/mol. The molecule has 1 aliphatic rings. The Morgan fingerprint density at radius 1 is 0.906 bits per heavy atom. The first-order valence-electron chi connectivity index (χ1n) is 10.4. The number of rotatable bonds is 6. The van der Waals surface area contributed by atoms with E-state index in [2.05, 4.69) is 15.5 Å². The second-order valence-corrected chi connectivity index (χ2v) is 8.32. The summed E-state index contributed by atoms with van der Waals surface area (Å²) >= 11 is 1.38. The summed E-state index contributed by atoms with van der Waals surface area (Å²) in [7, 11) is 0. The van der Waals surface area contributed by atoms with Crippen molar-refractivity contribution in [2.45, 2.75) is 11.1 Å². The Bertz CT molecular complexity index is 1250. The molecule has 1 N–H and O–H groups in total. The lowest BCUT2D eigenvalue weighted by Crippen LogP contribution is -2.41. The molecule has 3 aromatic carbocycles. The third kappa shape index (κ3) is 4.38. The molecule has 160 valence electrons. The molecule has 4 aromatic rings. The van der Waals surface area contributed by atoms with Crippen LogP contribution in [0.2, 0.25) is 0 Å². The van der Waals surface area contributed by atoms with Crippen molar-refractivity contribution in [3.05, 3.63) is 78.9 Å². The molecule has 0 fully saturated rings. The fraction of sp³-hybridized carbons (Fsp3) is 0.160. The molecular weight excluding hydrogens is 422 g/mol. The van der Waals surface area contributed by atoms with Gasteiger partial charge in [-0.15, -0.1) is 10.2 Å². The van der Waals surface area contributed by atoms with E-state index in [0.29, 0.717) is 18.9 Å². The van der Waals surface area contributed by atoms with Crippen LogP contribution in [0.4, 0.5) is 0 Å². The van der Waals surface area contributed by atoms with Gasteiger partial charge in [-0.2, -0.15) is 0 Å². The molecule has 2 heterocycles. The number of ether oxygens (including phenoxy) is 2. The van der Waals surface area contributed by atoms with E-state index >= 15 is 0 Å². The van der Waals surface area contributed by atoms with Gasteiger partial charge in [0, 0.05) is 16.3 Å². The van der Waals surface area contributed by atoms with E-state index in [-0.39, 0.29) is 17.8 Å². The monoisotopic (exact) mass is 443 g/mol. The van der Waals surface area contributed by atoms with Gasteiger partial charge in [-0.3, -0.25) is 4.79 Å². The van der Waals surface area contributed by atoms with E-state index in [1.807, 2.05) is 78.9 Å². The van der Waals surface area contributed by atoms with E-state index < -0.39 is 0 Å². The van der Waals surface area contributed by atoms with Crippen LogP contribution in [0.25, 0.3) is 22.0 Å². The Labute approximate surface area is 190 Å². The largest absolute Gasteiger partial charge is 0.486 e. The molecule has 0 spiro atoms. The van der Waals surface area contributed by atoms with E-state index in [1.165, 1.54) is 11.8 Å². The summed E-state index contributed by atoms with van der Waals surface area (Å²) in [6, 6.07) is 25.5. The zero-order chi connectivity index (χ0) is 21.8. The van der Waals surface area contributed by atoms with Crippen LogP contribution in [0.1, 0.15) is 0 Å². The topological polar surface area (TPSA) is 73.3 Å². The number of carbonyl (C=O) groups is 1. The minimum atomic E-state index is -0.218. The summed E-state index contributed by atoms with van der Waals surface area (Å²) in [4.78, 5) is 12.5. The maximum absolute atomic E-state index is 12.5. The molecule has 0 bridgehead atoms. The maximum Gasteiger partial charge on any atom is 0.230 e. The summed E-state index contributed by atoms with van der Waals surface area (Å²) in [5.41, 5.74) is 1.85. The summed E-state index contributed by atoms with van der Waals surface area (Å²) in [6.45, 7) is 0.786. The lowest BCUT2D eigenvalue weighted by Gasteiger charge is -2.26. The maximum atomic E-state index is 12.5. The van der Waals surface area contributed by atoms with E-state index in [1.54, 1.807) is 0 Å². The number of nitrogens with zero attached hydrogens (tertiary/aromatic N) is 2. The van der Waals surface area contributed by atoms with Gasteiger partial charge in [-0.25, -0.2) is 0 Å². The van der Waals surface area contributed by atoms with Gasteiger partial charge in [0.15, 0.2) is 11.5 Å². The normalized spacial score (nSPS) is 14.8. The van der Waals surface area contributed by atoms with Crippen LogP contribution in [0.5, 0.6) is 11.5 Å². The van der Waals surface area contributed by atoms with Crippen molar-refractivity contribution in [3.63, 3.8) is 0 Å². The first-order chi connectivity index (χ1) is 15.8. The fourth-order valence-corrected chi connectivity index (χ4v) is 4.37. The number of para-hydroxylation sites is 2. The predicted octanol–water partition coefficient (Wildman–Crippen LogP) is 4.35. The first-order valence-corrected chi connectivity index (χ1v) is 11.4. The Morgan fingerprint density at radius 2 is 1.62 bits per heavy atom. The number of thioether (sulfide) groups is 1. The molecule has 1 aliphatic heterocycles. The lowest BCUT2D eigenvalue weighted by molar-refractivity contribution is -0.119. The molecular formula is C25H21N3O3S. The van der Waals surface area contributed by atoms with Crippen LogP contribution in [-0.4, -0.2) is 41.1 Å². The highest BCUT2D eigenvalue weighted by Crippen LogP contribution is 2.32. The zero-order valence-electron chi connectivity index (χ0n) is 17.2. The number of benzene rings is 3. The number of hydrogen-bond acceptors (Lipinski definition) is 6. The Balaban J connectivity index is 1.22. The van der Waals surface area contributed by atoms with Crippen LogP contribution < -0.4 is 14.8 Å². The number of aromatic nitrogens is 2. The molecule has 32 heavy (non-hydrogen) atoms. The quantitative estimate of drug-likeness (QED) is 0.447. The Morgan fingerprint density at radius 3 is 2.47 bits per heavy atom. The van der Waals surface area contributed by atoms with Crippen LogP contribution >= 0.6 is 11.8 Å². The molecule has 0 unspecified atom stereocenters. The van der Waals surface area contributed by atoms with Gasteiger partial charge in [0.1, 0.15) is 23.4 Å². The highest BCUT2D eigenvalue weighted by Gasteiger charge is 2.21. The Kier molecular flexibility index (Phi) is 5.89. The zero-order valence-corrected chi connectivity index (χ0v) is 18.0. The van der Waals surface area contributed by atoms with E-state index in [4.69, 9.17) is 9.47 Å². The molecule has 0 saturated carbocycles. The minimum Gasteiger partial charge on any atom is -0.486 e. The fourth-order valence-electron chi connectivity index (χ4n) is 3.57. The summed E-state index contributed by atoms with van der Waals surface area (Å²) in [5.74, 6) is 1.59. The molecule has 5 rings (SSSR count). The van der Waals surface area contributed by atoms with Gasteiger partial charge >= 0.3 is 0 Å². The van der Waals surface area contributed by atoms with Crippen molar-refractivity contribution < 1.29 is 14.3 Å². The van der Waals surface area contributed by atoms with Crippen molar-refractivity contribution in [1.82, 2.24) is 15.5 Å². The average molecular weight is 444 g/mol. The SMILES string of the molecule is O=C(CSc1nnc(-c2ccccc2)c2ccccc12)NC[C@@H]1COc2ccccc2O1. The molecule has 1 amide bonds. The van der Waals surface area contributed by atoms with E-state index in [9.17, 15) is 4.79 Å². The van der Waals surface area contributed by atoms with Gasteiger partial charge in [0.05, 0.1) is 12.3 Å². The Hall–Kier alpha value is -3.58. The summed E-state index contributed by atoms with van der Waals surface area (Å²) in [6.07, 6.45) is -0.218. The van der Waals surface area contributed by atoms with Crippen LogP contribution in [0.3, 0.4) is 0 Å². The molecule has 0 radical (unpaired) electrons. The smallest absolute Gasteiger partial charge is 0.230 e. The van der Waals surface area contributed by atoms with Crippen LogP contribution in [0.15, 0.2) is 83.9 Å². The number of fused-ring (bicyclic) bond motifs is 2. The van der Waals surface area contributed by atoms with Crippen molar-refractivity contribution in [2.75, 3.05) is 18.9 Å². The molecule has 7 heteroatoms. The third-order valence-electron chi connectivity index (χ3n) is 5.14. The number of carbonyl (C=O) groups excluding carboxylic acids is 1. The minimum absolute atomic E-state index is 0.0875. The van der Waals surface area contributed by atoms with Gasteiger partial charge in [-0.05, 0) is 12.1 Å². The van der Waals surface area contributed by atoms with Crippen LogP contribution in [-0.2, 0) is 4.79 Å². The summed E-state index contributed by atoms with van der Waals surface area (Å²) in [5, 5.41) is 14.5. The molecule has 1 atom stereocenters. The van der Waals surface area contributed by atoms with Gasteiger partial charge in [-0.1, -0.05) is 78.5 Å². The van der Waals surface area contributed by atoms with Crippen molar-refractivity contribution >= 4 is 28.4 Å². The summed E-state index contributed by atoms with van der Waals surface area (Å²) < 4.78 is 11.6. The number of amides is 1. The molecule has 6 nitrogen and oxygen atoms in total. The molecule has 0 aliphatic carbocycles. The second-order valence-electron chi connectivity index (χ2n) is 7.36. The molecule has 0 saturated heterocycles. The number of nitrogens with one attached hydrogen (secondary N) is 1. The third-order valence-corrected chi connectivity index (χ3v) is 6.12. The average Bonchev–Trinajstić information content (AvgIpc) is 2.86. The highest BCUT2D eigenvalue weighted by atomic mass is 32.2. The van der Waals surface area contributed by atoms with Gasteiger partial charge in [0.2, 0.25) is 5.91 Å². The lowest BCUT2D eigenvalue weighted by atomic mass is 10.1. The van der Waals surface area contributed by atoms with Crippen molar-refractivity contribution in [1.29, 1.82) is 0 Å². The van der Waals surface area contributed by atoms with Gasteiger partial charge < -0.3 is 14.8 Å². The van der Waals surface area contributed by atoms with Gasteiger partial charge in [0.25, 0.3) is 0 Å². The number of hydrogen-bond donors (Lipinski definition) is 1. The van der Waals surface area contributed by atoms with Crippen LogP contribution in [0, 0.1) is 0 Å². The molecule has 1 aromatic heterocycles. The van der Waals surface area contributed by atoms with Crippen molar-refractivity contribution in [2.24, 2.45) is 0 Å². The standard InChI is InChI=1S/C25H21N3O3S/c29-23(26-14-18-15-30-21-12-6-7-13-22(21)31-18)16-32-25-20-11-5-4-10-19(20)24(27-28-25)17-8-2-1-3-9-17/h1-13,18H,14-16H2,(H,26,29)/t18-/m1/s1. The second kappa shape index (κ2) is 9.28. The highest BCUT2D eigenvalue weighted by molar-refractivity contribution is 8.00. The van der Waals surface area contributed by atoms with E-state index in [0.717, 1.165) is 32.8 Å².